The van der Waals surface area contributed by atoms with Crippen molar-refractivity contribution in [3.63, 3.8) is 0 Å². The molecule has 6 heteroatoms. The molecule has 0 heterocycles. The summed E-state index contributed by atoms with van der Waals surface area (Å²) in [6, 6.07) is -0.550. The molecular formula is C65H123NO5. The third-order valence-electron chi connectivity index (χ3n) is 14.7. The van der Waals surface area contributed by atoms with Gasteiger partial charge in [0.2, 0.25) is 5.91 Å². The fourth-order valence-electron chi connectivity index (χ4n) is 9.78. The highest BCUT2D eigenvalue weighted by Gasteiger charge is 2.20. The average Bonchev–Trinajstić information content (AvgIpc) is 3.37. The molecule has 0 spiro atoms. The number of hydrogen-bond donors (Lipinski definition) is 3. The van der Waals surface area contributed by atoms with E-state index in [1.54, 1.807) is 0 Å². The van der Waals surface area contributed by atoms with Crippen LogP contribution in [0.3, 0.4) is 0 Å². The van der Waals surface area contributed by atoms with Crippen molar-refractivity contribution in [1.29, 1.82) is 0 Å². The minimum absolute atomic E-state index is 0.00346. The molecule has 0 saturated carbocycles. The fraction of sp³-hybridized carbons (Fsp3) is 0.877. The topological polar surface area (TPSA) is 95.9 Å². The van der Waals surface area contributed by atoms with Crippen LogP contribution in [0.2, 0.25) is 0 Å². The first-order valence-corrected chi connectivity index (χ1v) is 31.7. The van der Waals surface area contributed by atoms with Crippen molar-refractivity contribution in [2.24, 2.45) is 0 Å². The van der Waals surface area contributed by atoms with Crippen LogP contribution >= 0.6 is 0 Å². The zero-order chi connectivity index (χ0) is 51.4. The summed E-state index contributed by atoms with van der Waals surface area (Å²) < 4.78 is 5.48. The summed E-state index contributed by atoms with van der Waals surface area (Å²) in [5.74, 6) is -0.0460. The van der Waals surface area contributed by atoms with E-state index in [9.17, 15) is 19.8 Å². The number of rotatable bonds is 59. The predicted octanol–water partition coefficient (Wildman–Crippen LogP) is 20.0. The molecule has 0 aliphatic rings. The molecule has 0 fully saturated rings. The van der Waals surface area contributed by atoms with Crippen LogP contribution in [0.25, 0.3) is 0 Å². The lowest BCUT2D eigenvalue weighted by Gasteiger charge is -2.22. The second kappa shape index (κ2) is 60.6. The Bertz CT molecular complexity index is 1150. The molecule has 0 rings (SSSR count). The Balaban J connectivity index is 3.44. The standard InChI is InChI=1S/C65H123NO5/c1-3-5-7-9-11-13-15-17-19-21-26-29-33-37-41-45-49-53-57-63(68)62(61-67)66-64(69)58-54-50-46-42-38-34-30-27-23-22-24-28-32-36-40-44-48-52-56-60-71-65(70)59-55-51-47-43-39-35-31-25-20-18-16-14-12-10-8-6-4-2/h12,14,18,20,22-23,62-63,67-68H,3-11,13,15-17,19,21,24-61H2,1-2H3,(H,66,69)/b14-12-,20-18-,23-22-. The van der Waals surface area contributed by atoms with Gasteiger partial charge in [-0.25, -0.2) is 0 Å². The number of carbonyl (C=O) groups is 2. The van der Waals surface area contributed by atoms with Gasteiger partial charge in [0.15, 0.2) is 0 Å². The van der Waals surface area contributed by atoms with Crippen LogP contribution in [0.1, 0.15) is 341 Å². The summed E-state index contributed by atoms with van der Waals surface area (Å²) in [6.45, 7) is 4.93. The van der Waals surface area contributed by atoms with Gasteiger partial charge in [-0.15, -0.1) is 0 Å². The number of hydrogen-bond acceptors (Lipinski definition) is 5. The number of unbranched alkanes of at least 4 members (excludes halogenated alkanes) is 42. The molecule has 0 aromatic carbocycles. The quantitative estimate of drug-likeness (QED) is 0.0321. The van der Waals surface area contributed by atoms with Crippen molar-refractivity contribution in [2.45, 2.75) is 353 Å². The van der Waals surface area contributed by atoms with Crippen LogP contribution in [-0.2, 0) is 14.3 Å². The van der Waals surface area contributed by atoms with E-state index in [0.29, 0.717) is 25.9 Å². The third kappa shape index (κ3) is 57.2. The van der Waals surface area contributed by atoms with Gasteiger partial charge < -0.3 is 20.3 Å². The average molecular weight is 999 g/mol. The van der Waals surface area contributed by atoms with Crippen molar-refractivity contribution in [1.82, 2.24) is 5.32 Å². The van der Waals surface area contributed by atoms with Gasteiger partial charge in [0.25, 0.3) is 0 Å². The minimum Gasteiger partial charge on any atom is -0.466 e. The van der Waals surface area contributed by atoms with E-state index in [4.69, 9.17) is 4.74 Å². The number of allylic oxidation sites excluding steroid dienone is 6. The zero-order valence-corrected chi connectivity index (χ0v) is 47.7. The molecule has 0 bridgehead atoms. The highest BCUT2D eigenvalue weighted by Crippen LogP contribution is 2.17. The van der Waals surface area contributed by atoms with Gasteiger partial charge in [0.1, 0.15) is 0 Å². The predicted molar refractivity (Wildman–Crippen MR) is 310 cm³/mol. The summed E-state index contributed by atoms with van der Waals surface area (Å²) in [4.78, 5) is 24.6. The van der Waals surface area contributed by atoms with E-state index in [0.717, 1.165) is 51.4 Å². The second-order valence-electron chi connectivity index (χ2n) is 21.7. The van der Waals surface area contributed by atoms with Gasteiger partial charge in [-0.3, -0.25) is 9.59 Å². The van der Waals surface area contributed by atoms with Crippen LogP contribution in [0.4, 0.5) is 0 Å². The molecule has 0 radical (unpaired) electrons. The molecule has 418 valence electrons. The highest BCUT2D eigenvalue weighted by atomic mass is 16.5. The van der Waals surface area contributed by atoms with E-state index in [1.807, 2.05) is 0 Å². The number of aliphatic hydroxyl groups is 2. The zero-order valence-electron chi connectivity index (χ0n) is 47.7. The fourth-order valence-corrected chi connectivity index (χ4v) is 9.78. The van der Waals surface area contributed by atoms with Crippen molar-refractivity contribution in [3.05, 3.63) is 36.5 Å². The van der Waals surface area contributed by atoms with E-state index in [2.05, 4.69) is 55.6 Å². The van der Waals surface area contributed by atoms with Gasteiger partial charge in [-0.2, -0.15) is 0 Å². The van der Waals surface area contributed by atoms with Crippen molar-refractivity contribution < 1.29 is 24.5 Å². The molecule has 0 aliphatic heterocycles. The Morgan fingerprint density at radius 2 is 0.704 bits per heavy atom. The molecule has 6 nitrogen and oxygen atoms in total. The SMILES string of the molecule is CCCCC/C=C\C/C=C\CCCCCCCCCC(=O)OCCCCCCCCCC/C=C\CCCCCCCCCC(=O)NC(CO)C(O)CCCCCCCCCCCCCCCCCCCC. The van der Waals surface area contributed by atoms with E-state index in [1.165, 1.54) is 257 Å². The largest absolute Gasteiger partial charge is 0.466 e. The van der Waals surface area contributed by atoms with Crippen molar-refractivity contribution in [3.8, 4) is 0 Å². The molecule has 0 aromatic heterocycles. The summed E-state index contributed by atoms with van der Waals surface area (Å²) in [7, 11) is 0. The van der Waals surface area contributed by atoms with E-state index >= 15 is 0 Å². The first-order chi connectivity index (χ1) is 35.0. The Labute approximate surface area is 443 Å². The number of amides is 1. The summed E-state index contributed by atoms with van der Waals surface area (Å²) in [5.41, 5.74) is 0. The molecule has 71 heavy (non-hydrogen) atoms. The minimum atomic E-state index is -0.672. The van der Waals surface area contributed by atoms with Crippen LogP contribution in [0.5, 0.6) is 0 Å². The summed E-state index contributed by atoms with van der Waals surface area (Å²) in [6.07, 6.45) is 75.8. The van der Waals surface area contributed by atoms with Crippen molar-refractivity contribution in [2.75, 3.05) is 13.2 Å². The molecule has 0 aromatic rings. The molecule has 1 amide bonds. The molecule has 2 unspecified atom stereocenters. The number of aliphatic hydroxyl groups excluding tert-OH is 2. The lowest BCUT2D eigenvalue weighted by molar-refractivity contribution is -0.143. The van der Waals surface area contributed by atoms with Crippen molar-refractivity contribution >= 4 is 11.9 Å². The number of esters is 1. The summed E-state index contributed by atoms with van der Waals surface area (Å²) >= 11 is 0. The second-order valence-corrected chi connectivity index (χ2v) is 21.7. The van der Waals surface area contributed by atoms with Crippen LogP contribution in [0.15, 0.2) is 36.5 Å². The van der Waals surface area contributed by atoms with Gasteiger partial charge in [-0.1, -0.05) is 281 Å². The van der Waals surface area contributed by atoms with E-state index < -0.39 is 12.1 Å². The van der Waals surface area contributed by atoms with Gasteiger partial charge in [-0.05, 0) is 83.5 Å². The number of carbonyl (C=O) groups excluding carboxylic acids is 2. The molecular weight excluding hydrogens is 875 g/mol. The lowest BCUT2D eigenvalue weighted by atomic mass is 10.0. The van der Waals surface area contributed by atoms with Crippen LogP contribution in [0, 0.1) is 0 Å². The van der Waals surface area contributed by atoms with Gasteiger partial charge >= 0.3 is 5.97 Å². The normalized spacial score (nSPS) is 12.8. The maximum absolute atomic E-state index is 12.5. The Kier molecular flexibility index (Phi) is 59.0. The van der Waals surface area contributed by atoms with Crippen LogP contribution in [-0.4, -0.2) is 47.4 Å². The maximum Gasteiger partial charge on any atom is 0.305 e. The highest BCUT2D eigenvalue weighted by molar-refractivity contribution is 5.76. The molecule has 0 saturated heterocycles. The smallest absolute Gasteiger partial charge is 0.305 e. The Hall–Kier alpha value is -1.92. The maximum atomic E-state index is 12.5. The van der Waals surface area contributed by atoms with Gasteiger partial charge in [0.05, 0.1) is 25.4 Å². The van der Waals surface area contributed by atoms with E-state index in [-0.39, 0.29) is 18.5 Å². The first-order valence-electron chi connectivity index (χ1n) is 31.7. The van der Waals surface area contributed by atoms with Crippen LogP contribution < -0.4 is 5.32 Å². The molecule has 2 atom stereocenters. The monoisotopic (exact) mass is 998 g/mol. The van der Waals surface area contributed by atoms with Gasteiger partial charge in [0, 0.05) is 12.8 Å². The Morgan fingerprint density at radius 1 is 0.394 bits per heavy atom. The summed E-state index contributed by atoms with van der Waals surface area (Å²) in [5, 5.41) is 23.3. The number of ether oxygens (including phenoxy) is 1. The molecule has 0 aliphatic carbocycles. The Morgan fingerprint density at radius 3 is 1.11 bits per heavy atom. The first kappa shape index (κ1) is 69.1. The number of nitrogens with one attached hydrogen (secondary N) is 1. The molecule has 3 N–H and O–H groups in total. The third-order valence-corrected chi connectivity index (χ3v) is 14.7. The lowest BCUT2D eigenvalue weighted by Crippen LogP contribution is -2.45.